The number of nitrogens with zero attached hydrogens (tertiary/aromatic N) is 1. The van der Waals surface area contributed by atoms with Crippen molar-refractivity contribution in [1.82, 2.24) is 0 Å². The van der Waals surface area contributed by atoms with Gasteiger partial charge in [-0.1, -0.05) is 0 Å². The second-order valence-corrected chi connectivity index (χ2v) is 6.51. The molecule has 2 aromatic rings. The Labute approximate surface area is 124 Å². The molecule has 0 aliphatic rings. The molecule has 0 atom stereocenters. The molecule has 0 aromatic heterocycles. The molecule has 0 bridgehead atoms. The number of rotatable bonds is 4. The van der Waals surface area contributed by atoms with Crippen LogP contribution in [0.15, 0.2) is 58.4 Å². The van der Waals surface area contributed by atoms with Crippen LogP contribution in [0.2, 0.25) is 0 Å². The minimum atomic E-state index is -3.20. The average Bonchev–Trinajstić information content (AvgIpc) is 2.47. The SMILES string of the molecule is COc1ccc(C(N)=Nc2ccc(S(C)(=O)=O)cc2)cc1. The van der Waals surface area contributed by atoms with Gasteiger partial charge < -0.3 is 10.5 Å². The van der Waals surface area contributed by atoms with Gasteiger partial charge in [0, 0.05) is 11.8 Å². The number of hydrogen-bond acceptors (Lipinski definition) is 4. The van der Waals surface area contributed by atoms with E-state index >= 15 is 0 Å². The summed E-state index contributed by atoms with van der Waals surface area (Å²) in [6, 6.07) is 13.5. The summed E-state index contributed by atoms with van der Waals surface area (Å²) in [7, 11) is -1.61. The minimum Gasteiger partial charge on any atom is -0.497 e. The molecule has 0 heterocycles. The van der Waals surface area contributed by atoms with Gasteiger partial charge >= 0.3 is 0 Å². The van der Waals surface area contributed by atoms with E-state index in [9.17, 15) is 8.42 Å². The van der Waals surface area contributed by atoms with Gasteiger partial charge in [-0.2, -0.15) is 0 Å². The predicted octanol–water partition coefficient (Wildman–Crippen LogP) is 2.14. The standard InChI is InChI=1S/C15H16N2O3S/c1-20-13-7-3-11(4-8-13)15(16)17-12-5-9-14(10-6-12)21(2,18)19/h3-10H,1-2H3,(H2,16,17). The number of nitrogens with two attached hydrogens (primary N) is 1. The van der Waals surface area contributed by atoms with Crippen molar-refractivity contribution in [1.29, 1.82) is 0 Å². The van der Waals surface area contributed by atoms with E-state index in [4.69, 9.17) is 10.5 Å². The molecule has 0 aliphatic heterocycles. The molecular formula is C15H16N2O3S. The maximum absolute atomic E-state index is 11.4. The zero-order valence-corrected chi connectivity index (χ0v) is 12.6. The van der Waals surface area contributed by atoms with Gasteiger partial charge in [-0.3, -0.25) is 0 Å². The average molecular weight is 304 g/mol. The first kappa shape index (κ1) is 15.1. The lowest BCUT2D eigenvalue weighted by molar-refractivity contribution is 0.415. The van der Waals surface area contributed by atoms with Gasteiger partial charge in [0.05, 0.1) is 17.7 Å². The molecule has 0 unspecified atom stereocenters. The van der Waals surface area contributed by atoms with Crippen LogP contribution in [0.5, 0.6) is 5.75 Å². The molecule has 0 spiro atoms. The fraction of sp³-hybridized carbons (Fsp3) is 0.133. The number of amidine groups is 1. The molecule has 0 radical (unpaired) electrons. The first-order valence-corrected chi connectivity index (χ1v) is 8.08. The highest BCUT2D eigenvalue weighted by atomic mass is 32.2. The Bertz CT molecular complexity index is 749. The van der Waals surface area contributed by atoms with Crippen LogP contribution in [0.25, 0.3) is 0 Å². The van der Waals surface area contributed by atoms with Crippen LogP contribution in [-0.4, -0.2) is 27.6 Å². The molecular weight excluding hydrogens is 288 g/mol. The molecule has 0 saturated carbocycles. The smallest absolute Gasteiger partial charge is 0.175 e. The first-order chi connectivity index (χ1) is 9.90. The molecule has 110 valence electrons. The molecule has 0 aliphatic carbocycles. The largest absolute Gasteiger partial charge is 0.497 e. The lowest BCUT2D eigenvalue weighted by Gasteiger charge is -2.04. The maximum Gasteiger partial charge on any atom is 0.175 e. The van der Waals surface area contributed by atoms with Crippen LogP contribution < -0.4 is 10.5 Å². The van der Waals surface area contributed by atoms with Crippen LogP contribution in [0.1, 0.15) is 5.56 Å². The van der Waals surface area contributed by atoms with Crippen molar-refractivity contribution in [3.63, 3.8) is 0 Å². The fourth-order valence-electron chi connectivity index (χ4n) is 1.73. The lowest BCUT2D eigenvalue weighted by Crippen LogP contribution is -2.12. The van der Waals surface area contributed by atoms with E-state index in [-0.39, 0.29) is 4.90 Å². The van der Waals surface area contributed by atoms with E-state index in [2.05, 4.69) is 4.99 Å². The molecule has 2 aromatic carbocycles. The van der Waals surface area contributed by atoms with E-state index in [1.807, 2.05) is 12.1 Å². The zero-order valence-electron chi connectivity index (χ0n) is 11.8. The molecule has 0 amide bonds. The van der Waals surface area contributed by atoms with Crippen molar-refractivity contribution in [3.8, 4) is 5.75 Å². The molecule has 5 nitrogen and oxygen atoms in total. The van der Waals surface area contributed by atoms with Crippen molar-refractivity contribution in [2.45, 2.75) is 4.90 Å². The van der Waals surface area contributed by atoms with E-state index in [0.717, 1.165) is 17.6 Å². The summed E-state index contributed by atoms with van der Waals surface area (Å²) in [5.74, 6) is 1.09. The Morgan fingerprint density at radius 2 is 1.62 bits per heavy atom. The quantitative estimate of drug-likeness (QED) is 0.693. The highest BCUT2D eigenvalue weighted by Gasteiger charge is 2.06. The monoisotopic (exact) mass is 304 g/mol. The summed E-state index contributed by atoms with van der Waals surface area (Å²) in [5, 5.41) is 0. The number of sulfone groups is 1. The van der Waals surface area contributed by atoms with Crippen molar-refractivity contribution >= 4 is 21.4 Å². The molecule has 0 saturated heterocycles. The summed E-state index contributed by atoms with van der Waals surface area (Å²) in [5.41, 5.74) is 7.29. The Balaban J connectivity index is 2.25. The Hall–Kier alpha value is -2.34. The second-order valence-electron chi connectivity index (χ2n) is 4.49. The van der Waals surface area contributed by atoms with Gasteiger partial charge in [0.25, 0.3) is 0 Å². The van der Waals surface area contributed by atoms with Gasteiger partial charge in [-0.25, -0.2) is 13.4 Å². The zero-order chi connectivity index (χ0) is 15.5. The third-order valence-electron chi connectivity index (χ3n) is 2.90. The Morgan fingerprint density at radius 1 is 1.05 bits per heavy atom. The first-order valence-electron chi connectivity index (χ1n) is 6.19. The number of aliphatic imine (C=N–C) groups is 1. The predicted molar refractivity (Wildman–Crippen MR) is 82.9 cm³/mol. The maximum atomic E-state index is 11.4. The van der Waals surface area contributed by atoms with Crippen LogP contribution >= 0.6 is 0 Å². The normalized spacial score (nSPS) is 12.2. The Morgan fingerprint density at radius 3 is 2.10 bits per heavy atom. The van der Waals surface area contributed by atoms with Gasteiger partial charge in [-0.05, 0) is 48.5 Å². The van der Waals surface area contributed by atoms with Gasteiger partial charge in [-0.15, -0.1) is 0 Å². The van der Waals surface area contributed by atoms with Crippen LogP contribution in [-0.2, 0) is 9.84 Å². The van der Waals surface area contributed by atoms with Gasteiger partial charge in [0.15, 0.2) is 9.84 Å². The highest BCUT2D eigenvalue weighted by molar-refractivity contribution is 7.90. The van der Waals surface area contributed by atoms with Crippen molar-refractivity contribution in [3.05, 3.63) is 54.1 Å². The Kier molecular flexibility index (Phi) is 4.28. The third-order valence-corrected chi connectivity index (χ3v) is 4.03. The third kappa shape index (κ3) is 3.82. The van der Waals surface area contributed by atoms with E-state index < -0.39 is 9.84 Å². The molecule has 2 N–H and O–H groups in total. The summed E-state index contributed by atoms with van der Waals surface area (Å²) < 4.78 is 27.8. The van der Waals surface area contributed by atoms with E-state index in [0.29, 0.717) is 11.5 Å². The van der Waals surface area contributed by atoms with Gasteiger partial charge in [0.2, 0.25) is 0 Å². The van der Waals surface area contributed by atoms with Crippen molar-refractivity contribution in [2.24, 2.45) is 10.7 Å². The number of methoxy groups -OCH3 is 1. The molecule has 21 heavy (non-hydrogen) atoms. The number of ether oxygens (including phenoxy) is 1. The second kappa shape index (κ2) is 5.97. The highest BCUT2D eigenvalue weighted by Crippen LogP contribution is 2.18. The van der Waals surface area contributed by atoms with Crippen LogP contribution in [0.4, 0.5) is 5.69 Å². The molecule has 6 heteroatoms. The molecule has 0 fully saturated rings. The van der Waals surface area contributed by atoms with E-state index in [1.165, 1.54) is 12.1 Å². The number of hydrogen-bond donors (Lipinski definition) is 1. The van der Waals surface area contributed by atoms with Crippen molar-refractivity contribution < 1.29 is 13.2 Å². The van der Waals surface area contributed by atoms with Crippen LogP contribution in [0, 0.1) is 0 Å². The summed E-state index contributed by atoms with van der Waals surface area (Å²) in [6.07, 6.45) is 1.16. The molecule has 2 rings (SSSR count). The summed E-state index contributed by atoms with van der Waals surface area (Å²) in [6.45, 7) is 0. The summed E-state index contributed by atoms with van der Waals surface area (Å²) >= 11 is 0. The topological polar surface area (TPSA) is 81.8 Å². The van der Waals surface area contributed by atoms with Gasteiger partial charge in [0.1, 0.15) is 11.6 Å². The lowest BCUT2D eigenvalue weighted by atomic mass is 10.2. The summed E-state index contributed by atoms with van der Waals surface area (Å²) in [4.78, 5) is 4.52. The van der Waals surface area contributed by atoms with Crippen LogP contribution in [0.3, 0.4) is 0 Å². The minimum absolute atomic E-state index is 0.254. The van der Waals surface area contributed by atoms with Crippen molar-refractivity contribution in [2.75, 3.05) is 13.4 Å². The van der Waals surface area contributed by atoms with E-state index in [1.54, 1.807) is 31.4 Å². The number of benzene rings is 2. The fourth-order valence-corrected chi connectivity index (χ4v) is 2.36.